The summed E-state index contributed by atoms with van der Waals surface area (Å²) in [7, 11) is -0.930. The molecule has 6 nitrogen and oxygen atoms in total. The first-order valence-electron chi connectivity index (χ1n) is 7.23. The van der Waals surface area contributed by atoms with E-state index in [4.69, 9.17) is 13.7 Å². The highest BCUT2D eigenvalue weighted by Gasteiger charge is 2.42. The maximum Gasteiger partial charge on any atom is 0.384 e. The molecule has 0 fully saturated rings. The molecule has 0 aromatic heterocycles. The Labute approximate surface area is 132 Å². The van der Waals surface area contributed by atoms with Crippen LogP contribution in [0.5, 0.6) is 11.5 Å². The Morgan fingerprint density at radius 1 is 1.32 bits per heavy atom. The second-order valence-corrected chi connectivity index (χ2v) is 7.78. The summed E-state index contributed by atoms with van der Waals surface area (Å²) in [5, 5.41) is 0. The molecule has 1 heterocycles. The van der Waals surface area contributed by atoms with Crippen molar-refractivity contribution in [1.82, 2.24) is 4.31 Å². The molecule has 124 valence electrons. The van der Waals surface area contributed by atoms with E-state index in [1.54, 1.807) is 18.2 Å². The lowest BCUT2D eigenvalue weighted by Gasteiger charge is -2.25. The number of ether oxygens (including phenoxy) is 2. The van der Waals surface area contributed by atoms with Crippen LogP contribution in [-0.4, -0.2) is 39.7 Å². The maximum atomic E-state index is 11.8. The van der Waals surface area contributed by atoms with Crippen LogP contribution in [0.3, 0.4) is 0 Å². The van der Waals surface area contributed by atoms with Crippen molar-refractivity contribution < 1.29 is 22.1 Å². The predicted octanol–water partition coefficient (Wildman–Crippen LogP) is 2.29. The highest BCUT2D eigenvalue weighted by Crippen LogP contribution is 2.44. The van der Waals surface area contributed by atoms with Gasteiger partial charge in [0.2, 0.25) is 6.29 Å². The van der Waals surface area contributed by atoms with Crippen molar-refractivity contribution in [3.63, 3.8) is 0 Å². The molecular formula is C15H23NO5S. The predicted molar refractivity (Wildman–Crippen MR) is 83.4 cm³/mol. The van der Waals surface area contributed by atoms with E-state index in [2.05, 4.69) is 0 Å². The van der Waals surface area contributed by atoms with Crippen LogP contribution in [0.1, 0.15) is 32.8 Å². The van der Waals surface area contributed by atoms with Gasteiger partial charge in [0, 0.05) is 19.7 Å². The van der Waals surface area contributed by atoms with E-state index in [0.29, 0.717) is 12.4 Å². The van der Waals surface area contributed by atoms with Crippen LogP contribution in [0.2, 0.25) is 0 Å². The number of hydrogen-bond acceptors (Lipinski definition) is 5. The van der Waals surface area contributed by atoms with Gasteiger partial charge < -0.3 is 13.7 Å². The van der Waals surface area contributed by atoms with Gasteiger partial charge in [-0.25, -0.2) is 0 Å². The Morgan fingerprint density at radius 3 is 2.59 bits per heavy atom. The average molecular weight is 329 g/mol. The summed E-state index contributed by atoms with van der Waals surface area (Å²) in [6, 6.07) is 5.00. The average Bonchev–Trinajstić information content (AvgIpc) is 2.67. The Balaban J connectivity index is 2.27. The highest BCUT2D eigenvalue weighted by atomic mass is 32.2. The normalized spacial score (nSPS) is 19.8. The molecule has 0 aliphatic carbocycles. The third-order valence-electron chi connectivity index (χ3n) is 3.59. The maximum absolute atomic E-state index is 11.8. The quantitative estimate of drug-likeness (QED) is 0.801. The lowest BCUT2D eigenvalue weighted by molar-refractivity contribution is -0.102. The van der Waals surface area contributed by atoms with Crippen LogP contribution in [0.15, 0.2) is 18.2 Å². The van der Waals surface area contributed by atoms with E-state index >= 15 is 0 Å². The van der Waals surface area contributed by atoms with E-state index in [9.17, 15) is 8.42 Å². The molecule has 0 saturated carbocycles. The largest absolute Gasteiger partial charge is 0.464 e. The molecule has 1 unspecified atom stereocenters. The van der Waals surface area contributed by atoms with Crippen molar-refractivity contribution in [2.75, 3.05) is 20.7 Å². The topological polar surface area (TPSA) is 65.1 Å². The fourth-order valence-electron chi connectivity index (χ4n) is 2.22. The Hall–Kier alpha value is -1.31. The number of benzene rings is 1. The first-order chi connectivity index (χ1) is 10.2. The van der Waals surface area contributed by atoms with Gasteiger partial charge in [0.05, 0.1) is 12.0 Å². The second-order valence-electron chi connectivity index (χ2n) is 6.02. The van der Waals surface area contributed by atoms with Crippen molar-refractivity contribution in [2.24, 2.45) is 0 Å². The van der Waals surface area contributed by atoms with Crippen LogP contribution < -0.4 is 8.92 Å². The van der Waals surface area contributed by atoms with E-state index in [-0.39, 0.29) is 17.5 Å². The molecule has 1 aromatic carbocycles. The summed E-state index contributed by atoms with van der Waals surface area (Å²) in [6.45, 7) is 6.65. The molecule has 1 atom stereocenters. The summed E-state index contributed by atoms with van der Waals surface area (Å²) in [6.07, 6.45) is 0.519. The SMILES string of the molecule is CCCOC1Oc2ccc(OS(=O)(=O)N(C)C)cc2C1(C)C. The van der Waals surface area contributed by atoms with Crippen LogP contribution in [-0.2, 0) is 20.5 Å². The molecule has 7 heteroatoms. The third-order valence-corrected chi connectivity index (χ3v) is 4.89. The monoisotopic (exact) mass is 329 g/mol. The minimum Gasteiger partial charge on any atom is -0.464 e. The molecule has 1 aromatic rings. The van der Waals surface area contributed by atoms with Gasteiger partial charge in [-0.05, 0) is 38.5 Å². The molecule has 0 spiro atoms. The standard InChI is InChI=1S/C15H23NO5S/c1-6-9-19-14-15(2,3)12-10-11(7-8-13(12)20-14)21-22(17,18)16(4)5/h7-8,10,14H,6,9H2,1-5H3. The van der Waals surface area contributed by atoms with Gasteiger partial charge in [0.1, 0.15) is 11.5 Å². The zero-order valence-electron chi connectivity index (χ0n) is 13.6. The first-order valence-corrected chi connectivity index (χ1v) is 8.59. The molecule has 2 rings (SSSR count). The summed E-state index contributed by atoms with van der Waals surface area (Å²) in [5.41, 5.74) is 0.492. The molecular weight excluding hydrogens is 306 g/mol. The lowest BCUT2D eigenvalue weighted by atomic mass is 9.85. The summed E-state index contributed by atoms with van der Waals surface area (Å²) in [5.74, 6) is 0.959. The van der Waals surface area contributed by atoms with E-state index in [1.807, 2.05) is 20.8 Å². The number of hydrogen-bond donors (Lipinski definition) is 0. The molecule has 0 amide bonds. The van der Waals surface area contributed by atoms with Gasteiger partial charge in [-0.15, -0.1) is 0 Å². The van der Waals surface area contributed by atoms with Crippen molar-refractivity contribution in [3.05, 3.63) is 23.8 Å². The van der Waals surface area contributed by atoms with Crippen molar-refractivity contribution in [2.45, 2.75) is 38.9 Å². The van der Waals surface area contributed by atoms with Crippen LogP contribution in [0, 0.1) is 0 Å². The van der Waals surface area contributed by atoms with Crippen LogP contribution in [0.4, 0.5) is 0 Å². The van der Waals surface area contributed by atoms with Gasteiger partial charge in [-0.1, -0.05) is 6.92 Å². The zero-order chi connectivity index (χ0) is 16.5. The van der Waals surface area contributed by atoms with Crippen LogP contribution >= 0.6 is 0 Å². The summed E-state index contributed by atoms with van der Waals surface area (Å²) in [4.78, 5) is 0. The van der Waals surface area contributed by atoms with Gasteiger partial charge in [-0.3, -0.25) is 0 Å². The Kier molecular flexibility index (Phi) is 4.70. The molecule has 1 aliphatic rings. The molecule has 0 saturated heterocycles. The van der Waals surface area contributed by atoms with Gasteiger partial charge >= 0.3 is 10.3 Å². The van der Waals surface area contributed by atoms with Crippen molar-refractivity contribution in [1.29, 1.82) is 0 Å². The van der Waals surface area contributed by atoms with Crippen molar-refractivity contribution in [3.8, 4) is 11.5 Å². The minimum atomic E-state index is -3.77. The minimum absolute atomic E-state index is 0.264. The van der Waals surface area contributed by atoms with E-state index in [1.165, 1.54) is 14.1 Å². The third kappa shape index (κ3) is 3.21. The fraction of sp³-hybridized carbons (Fsp3) is 0.600. The number of fused-ring (bicyclic) bond motifs is 1. The van der Waals surface area contributed by atoms with E-state index in [0.717, 1.165) is 16.3 Å². The molecule has 22 heavy (non-hydrogen) atoms. The molecule has 0 N–H and O–H groups in total. The summed E-state index contributed by atoms with van der Waals surface area (Å²) >= 11 is 0. The highest BCUT2D eigenvalue weighted by molar-refractivity contribution is 7.84. The second kappa shape index (κ2) is 6.06. The first kappa shape index (κ1) is 17.1. The van der Waals surface area contributed by atoms with Gasteiger partial charge in [-0.2, -0.15) is 12.7 Å². The number of rotatable bonds is 6. The van der Waals surface area contributed by atoms with Crippen molar-refractivity contribution >= 4 is 10.3 Å². The zero-order valence-corrected chi connectivity index (χ0v) is 14.4. The fourth-order valence-corrected chi connectivity index (χ4v) is 2.72. The molecule has 1 aliphatic heterocycles. The van der Waals surface area contributed by atoms with Crippen LogP contribution in [0.25, 0.3) is 0 Å². The number of nitrogens with zero attached hydrogens (tertiary/aromatic N) is 1. The lowest BCUT2D eigenvalue weighted by Crippen LogP contribution is -2.35. The Morgan fingerprint density at radius 2 is 2.00 bits per heavy atom. The molecule has 0 bridgehead atoms. The van der Waals surface area contributed by atoms with Gasteiger partial charge in [0.15, 0.2) is 0 Å². The van der Waals surface area contributed by atoms with E-state index < -0.39 is 10.3 Å². The Bertz CT molecular complexity index is 639. The summed E-state index contributed by atoms with van der Waals surface area (Å²) < 4.78 is 41.3. The smallest absolute Gasteiger partial charge is 0.384 e. The van der Waals surface area contributed by atoms with Gasteiger partial charge in [0.25, 0.3) is 0 Å². The molecule has 0 radical (unpaired) electrons.